The minimum atomic E-state index is -0.568. The topological polar surface area (TPSA) is 123 Å². The average molecular weight is 356 g/mol. The molecule has 9 nitrogen and oxygen atoms in total. The lowest BCUT2D eigenvalue weighted by atomic mass is 10.2. The summed E-state index contributed by atoms with van der Waals surface area (Å²) >= 11 is 0. The quantitative estimate of drug-likeness (QED) is 0.442. The van der Waals surface area contributed by atoms with Gasteiger partial charge in [-0.05, 0) is 30.3 Å². The molecule has 0 atom stereocenters. The zero-order valence-electron chi connectivity index (χ0n) is 13.8. The number of amides is 2. The molecule has 134 valence electrons. The van der Waals surface area contributed by atoms with Crippen LogP contribution in [0.3, 0.4) is 0 Å². The lowest BCUT2D eigenvalue weighted by Crippen LogP contribution is -2.34. The van der Waals surface area contributed by atoms with Crippen LogP contribution >= 0.6 is 0 Å². The first kappa shape index (κ1) is 18.6. The first-order chi connectivity index (χ1) is 12.5. The van der Waals surface area contributed by atoms with Crippen LogP contribution in [0.5, 0.6) is 5.75 Å². The van der Waals surface area contributed by atoms with Crippen LogP contribution in [0, 0.1) is 10.1 Å². The van der Waals surface area contributed by atoms with Crippen molar-refractivity contribution in [1.82, 2.24) is 10.7 Å². The maximum absolute atomic E-state index is 11.9. The highest BCUT2D eigenvalue weighted by atomic mass is 16.6. The zero-order chi connectivity index (χ0) is 18.9. The molecule has 0 aliphatic heterocycles. The number of nitro groups is 1. The van der Waals surface area contributed by atoms with Crippen LogP contribution in [-0.2, 0) is 4.79 Å². The minimum absolute atomic E-state index is 0.127. The lowest BCUT2D eigenvalue weighted by molar-refractivity contribution is -0.385. The van der Waals surface area contributed by atoms with Gasteiger partial charge in [0.2, 0.25) is 0 Å². The molecule has 26 heavy (non-hydrogen) atoms. The van der Waals surface area contributed by atoms with Gasteiger partial charge in [-0.3, -0.25) is 19.7 Å². The van der Waals surface area contributed by atoms with E-state index in [-0.39, 0.29) is 17.8 Å². The van der Waals surface area contributed by atoms with E-state index in [1.165, 1.54) is 31.5 Å². The van der Waals surface area contributed by atoms with Gasteiger partial charge >= 0.3 is 0 Å². The van der Waals surface area contributed by atoms with Crippen molar-refractivity contribution in [3.05, 3.63) is 69.8 Å². The van der Waals surface area contributed by atoms with Crippen LogP contribution in [0.4, 0.5) is 5.69 Å². The molecule has 0 fully saturated rings. The van der Waals surface area contributed by atoms with E-state index in [9.17, 15) is 19.7 Å². The van der Waals surface area contributed by atoms with E-state index in [1.54, 1.807) is 30.3 Å². The average Bonchev–Trinajstić information content (AvgIpc) is 2.66. The molecule has 2 rings (SSSR count). The van der Waals surface area contributed by atoms with E-state index >= 15 is 0 Å². The molecule has 0 radical (unpaired) electrons. The van der Waals surface area contributed by atoms with Crippen LogP contribution in [0.15, 0.2) is 53.6 Å². The molecule has 2 amide bonds. The monoisotopic (exact) mass is 356 g/mol. The summed E-state index contributed by atoms with van der Waals surface area (Å²) in [6.07, 6.45) is 1.17. The Hall–Kier alpha value is -3.75. The second-order valence-electron chi connectivity index (χ2n) is 5.02. The minimum Gasteiger partial charge on any atom is -0.497 e. The van der Waals surface area contributed by atoms with Crippen LogP contribution < -0.4 is 15.5 Å². The molecule has 0 aromatic heterocycles. The maximum atomic E-state index is 11.9. The SMILES string of the molecule is COc1ccc(C(=O)NCC(=O)N/N=C\c2ccccc2[N+](=O)[O-])cc1. The predicted octanol–water partition coefficient (Wildman–Crippen LogP) is 1.48. The number of benzene rings is 2. The fourth-order valence-corrected chi connectivity index (χ4v) is 1.98. The Morgan fingerprint density at radius 1 is 1.19 bits per heavy atom. The molecule has 0 unspecified atom stereocenters. The number of hydrogen-bond donors (Lipinski definition) is 2. The van der Waals surface area contributed by atoms with E-state index in [4.69, 9.17) is 4.74 Å². The first-order valence-corrected chi connectivity index (χ1v) is 7.49. The molecule has 0 saturated heterocycles. The summed E-state index contributed by atoms with van der Waals surface area (Å²) in [5, 5.41) is 17.0. The predicted molar refractivity (Wildman–Crippen MR) is 94.2 cm³/mol. The van der Waals surface area contributed by atoms with E-state index < -0.39 is 16.7 Å². The van der Waals surface area contributed by atoms with Crippen molar-refractivity contribution in [3.63, 3.8) is 0 Å². The van der Waals surface area contributed by atoms with Gasteiger partial charge in [0.25, 0.3) is 17.5 Å². The van der Waals surface area contributed by atoms with Gasteiger partial charge in [-0.2, -0.15) is 5.10 Å². The fraction of sp³-hybridized carbons (Fsp3) is 0.118. The molecular weight excluding hydrogens is 340 g/mol. The summed E-state index contributed by atoms with van der Waals surface area (Å²) in [6.45, 7) is -0.293. The van der Waals surface area contributed by atoms with Crippen molar-refractivity contribution >= 4 is 23.7 Å². The first-order valence-electron chi connectivity index (χ1n) is 7.49. The van der Waals surface area contributed by atoms with Gasteiger partial charge in [-0.15, -0.1) is 0 Å². The number of para-hydroxylation sites is 1. The highest BCUT2D eigenvalue weighted by Crippen LogP contribution is 2.15. The molecule has 0 aliphatic carbocycles. The third-order valence-electron chi connectivity index (χ3n) is 3.29. The number of nitro benzene ring substituents is 1. The Kier molecular flexibility index (Phi) is 6.38. The second-order valence-corrected chi connectivity index (χ2v) is 5.02. The Morgan fingerprint density at radius 2 is 1.88 bits per heavy atom. The van der Waals surface area contributed by atoms with Gasteiger partial charge in [-0.1, -0.05) is 12.1 Å². The number of hydrazone groups is 1. The molecule has 2 aromatic carbocycles. The Balaban J connectivity index is 1.85. The summed E-state index contributed by atoms with van der Waals surface area (Å²) < 4.78 is 5.00. The normalized spacial score (nSPS) is 10.3. The highest BCUT2D eigenvalue weighted by molar-refractivity contribution is 5.96. The van der Waals surface area contributed by atoms with Gasteiger partial charge in [0.05, 0.1) is 30.4 Å². The molecule has 0 bridgehead atoms. The Bertz CT molecular complexity index is 833. The van der Waals surface area contributed by atoms with Gasteiger partial charge < -0.3 is 10.1 Å². The van der Waals surface area contributed by atoms with Crippen molar-refractivity contribution in [2.75, 3.05) is 13.7 Å². The number of carbonyl (C=O) groups is 2. The Labute approximate surface area is 148 Å². The summed E-state index contributed by atoms with van der Waals surface area (Å²) in [7, 11) is 1.52. The summed E-state index contributed by atoms with van der Waals surface area (Å²) in [5.41, 5.74) is 2.70. The van der Waals surface area contributed by atoms with Crippen LogP contribution in [-0.4, -0.2) is 36.6 Å². The van der Waals surface area contributed by atoms with Crippen molar-refractivity contribution in [2.24, 2.45) is 5.10 Å². The molecule has 2 N–H and O–H groups in total. The highest BCUT2D eigenvalue weighted by Gasteiger charge is 2.10. The van der Waals surface area contributed by atoms with Crippen molar-refractivity contribution < 1.29 is 19.2 Å². The van der Waals surface area contributed by atoms with Crippen LogP contribution in [0.2, 0.25) is 0 Å². The van der Waals surface area contributed by atoms with Crippen molar-refractivity contribution in [2.45, 2.75) is 0 Å². The fourth-order valence-electron chi connectivity index (χ4n) is 1.98. The third kappa shape index (κ3) is 5.13. The van der Waals surface area contributed by atoms with Gasteiger partial charge in [0.15, 0.2) is 0 Å². The summed E-state index contributed by atoms with van der Waals surface area (Å²) in [5.74, 6) is -0.379. The number of hydrogen-bond acceptors (Lipinski definition) is 6. The van der Waals surface area contributed by atoms with Crippen LogP contribution in [0.1, 0.15) is 15.9 Å². The summed E-state index contributed by atoms with van der Waals surface area (Å²) in [6, 6.07) is 12.4. The van der Waals surface area contributed by atoms with E-state index in [0.717, 1.165) is 0 Å². The lowest BCUT2D eigenvalue weighted by Gasteiger charge is -2.05. The third-order valence-corrected chi connectivity index (χ3v) is 3.29. The van der Waals surface area contributed by atoms with Crippen LogP contribution in [0.25, 0.3) is 0 Å². The summed E-state index contributed by atoms with van der Waals surface area (Å²) in [4.78, 5) is 33.9. The molecule has 2 aromatic rings. The molecule has 9 heteroatoms. The van der Waals surface area contributed by atoms with Gasteiger partial charge in [0.1, 0.15) is 5.75 Å². The Morgan fingerprint density at radius 3 is 2.54 bits per heavy atom. The van der Waals surface area contributed by atoms with Crippen molar-refractivity contribution in [1.29, 1.82) is 0 Å². The zero-order valence-corrected chi connectivity index (χ0v) is 13.8. The molecule has 0 heterocycles. The molecule has 0 saturated carbocycles. The molecular formula is C17H16N4O5. The standard InChI is InChI=1S/C17H16N4O5/c1-26-14-8-6-12(7-9-14)17(23)18-11-16(22)20-19-10-13-4-2-3-5-15(13)21(24)25/h2-10H,11H2,1H3,(H,18,23)(H,20,22)/b19-10-. The smallest absolute Gasteiger partial charge is 0.278 e. The number of nitrogens with zero attached hydrogens (tertiary/aromatic N) is 2. The molecule has 0 spiro atoms. The molecule has 0 aliphatic rings. The number of carbonyl (C=O) groups excluding carboxylic acids is 2. The van der Waals surface area contributed by atoms with Gasteiger partial charge in [0, 0.05) is 11.6 Å². The maximum Gasteiger partial charge on any atom is 0.278 e. The van der Waals surface area contributed by atoms with E-state index in [2.05, 4.69) is 15.8 Å². The number of rotatable bonds is 7. The van der Waals surface area contributed by atoms with E-state index in [1.807, 2.05) is 0 Å². The largest absolute Gasteiger partial charge is 0.497 e. The number of ether oxygens (including phenoxy) is 1. The number of methoxy groups -OCH3 is 1. The second kappa shape index (κ2) is 8.92. The van der Waals surface area contributed by atoms with E-state index in [0.29, 0.717) is 11.3 Å². The van der Waals surface area contributed by atoms with Crippen molar-refractivity contribution in [3.8, 4) is 5.75 Å². The number of nitrogens with one attached hydrogen (secondary N) is 2. The van der Waals surface area contributed by atoms with Gasteiger partial charge in [-0.25, -0.2) is 5.43 Å².